The number of nitrogens with one attached hydrogen (secondary N) is 1. The molecule has 0 fully saturated rings. The summed E-state index contributed by atoms with van der Waals surface area (Å²) in [6.45, 7) is -0.634. The van der Waals surface area contributed by atoms with E-state index in [1.54, 1.807) is 6.92 Å². The molecule has 1 rings (SSSR count). The molecule has 1 atom stereocenters. The molecule has 0 aliphatic heterocycles. The predicted octanol–water partition coefficient (Wildman–Crippen LogP) is 1.09. The SMILES string of the molecule is C[C@H](NC(=O)COCC(F)(F)F)c1ccc(S(N)(=O)=O)cc1. The van der Waals surface area contributed by atoms with Gasteiger partial charge in [-0.05, 0) is 24.6 Å². The summed E-state index contributed by atoms with van der Waals surface area (Å²) in [6, 6.07) is 4.90. The van der Waals surface area contributed by atoms with E-state index < -0.39 is 41.4 Å². The Kier molecular flexibility index (Phi) is 5.92. The van der Waals surface area contributed by atoms with Crippen LogP contribution in [0.1, 0.15) is 18.5 Å². The van der Waals surface area contributed by atoms with E-state index in [2.05, 4.69) is 10.1 Å². The Labute approximate surface area is 125 Å². The lowest BCUT2D eigenvalue weighted by atomic mass is 10.1. The molecule has 0 spiro atoms. The van der Waals surface area contributed by atoms with Crippen LogP contribution >= 0.6 is 0 Å². The fourth-order valence-corrected chi connectivity index (χ4v) is 2.09. The Hall–Kier alpha value is -1.65. The molecule has 124 valence electrons. The van der Waals surface area contributed by atoms with Gasteiger partial charge in [0, 0.05) is 0 Å². The number of rotatable bonds is 6. The molecule has 0 radical (unpaired) electrons. The number of hydrogen-bond donors (Lipinski definition) is 2. The number of benzene rings is 1. The van der Waals surface area contributed by atoms with Crippen molar-refractivity contribution >= 4 is 15.9 Å². The number of nitrogens with two attached hydrogens (primary N) is 1. The summed E-state index contributed by atoms with van der Waals surface area (Å²) in [5.74, 6) is -0.715. The molecular weight excluding hydrogens is 325 g/mol. The summed E-state index contributed by atoms with van der Waals surface area (Å²) >= 11 is 0. The maximum Gasteiger partial charge on any atom is 0.411 e. The largest absolute Gasteiger partial charge is 0.411 e. The van der Waals surface area contributed by atoms with Gasteiger partial charge in [0.05, 0.1) is 10.9 Å². The highest BCUT2D eigenvalue weighted by Crippen LogP contribution is 2.16. The van der Waals surface area contributed by atoms with Crippen LogP contribution in [-0.2, 0) is 19.6 Å². The van der Waals surface area contributed by atoms with E-state index in [0.29, 0.717) is 5.56 Å². The first-order valence-corrected chi connectivity index (χ1v) is 7.60. The molecule has 0 unspecified atom stereocenters. The second-order valence-electron chi connectivity index (χ2n) is 4.51. The van der Waals surface area contributed by atoms with E-state index in [0.717, 1.165) is 0 Å². The number of amides is 1. The summed E-state index contributed by atoms with van der Waals surface area (Å²) < 4.78 is 62.0. The maximum absolute atomic E-state index is 11.9. The summed E-state index contributed by atoms with van der Waals surface area (Å²) in [5, 5.41) is 7.38. The first-order chi connectivity index (χ1) is 9.99. The molecule has 0 aromatic heterocycles. The van der Waals surface area contributed by atoms with Gasteiger partial charge < -0.3 is 10.1 Å². The molecule has 6 nitrogen and oxygen atoms in total. The van der Waals surface area contributed by atoms with Crippen LogP contribution in [0.3, 0.4) is 0 Å². The van der Waals surface area contributed by atoms with Gasteiger partial charge in [0.25, 0.3) is 0 Å². The lowest BCUT2D eigenvalue weighted by Gasteiger charge is -2.15. The van der Waals surface area contributed by atoms with Crippen LogP contribution in [0.4, 0.5) is 13.2 Å². The molecule has 10 heteroatoms. The topological polar surface area (TPSA) is 98.5 Å². The van der Waals surface area contributed by atoms with Gasteiger partial charge in [-0.25, -0.2) is 13.6 Å². The van der Waals surface area contributed by atoms with Crippen LogP contribution in [0.25, 0.3) is 0 Å². The third-order valence-corrected chi connectivity index (χ3v) is 3.51. The third kappa shape index (κ3) is 6.41. The van der Waals surface area contributed by atoms with Crippen molar-refractivity contribution < 1.29 is 31.1 Å². The number of ether oxygens (including phenoxy) is 1. The van der Waals surface area contributed by atoms with Crippen molar-refractivity contribution in [2.75, 3.05) is 13.2 Å². The van der Waals surface area contributed by atoms with Crippen molar-refractivity contribution in [1.82, 2.24) is 5.32 Å². The first kappa shape index (κ1) is 18.4. The van der Waals surface area contributed by atoms with Crippen LogP contribution in [0, 0.1) is 0 Å². The molecule has 1 aromatic carbocycles. The van der Waals surface area contributed by atoms with Crippen molar-refractivity contribution in [3.05, 3.63) is 29.8 Å². The van der Waals surface area contributed by atoms with Crippen LogP contribution < -0.4 is 10.5 Å². The van der Waals surface area contributed by atoms with Crippen LogP contribution in [0.5, 0.6) is 0 Å². The summed E-state index contributed by atoms with van der Waals surface area (Å²) in [6.07, 6.45) is -4.49. The van der Waals surface area contributed by atoms with Crippen molar-refractivity contribution in [2.45, 2.75) is 24.0 Å². The smallest absolute Gasteiger partial charge is 0.362 e. The van der Waals surface area contributed by atoms with E-state index in [9.17, 15) is 26.4 Å². The van der Waals surface area contributed by atoms with Crippen LogP contribution in [-0.4, -0.2) is 33.7 Å². The second kappa shape index (κ2) is 7.07. The minimum atomic E-state index is -4.49. The molecule has 0 aliphatic rings. The zero-order chi connectivity index (χ0) is 17.0. The summed E-state index contributed by atoms with van der Waals surface area (Å²) in [5.41, 5.74) is 0.566. The van der Waals surface area contributed by atoms with Gasteiger partial charge in [-0.2, -0.15) is 13.2 Å². The molecule has 0 saturated carbocycles. The van der Waals surface area contributed by atoms with Gasteiger partial charge in [0.2, 0.25) is 15.9 Å². The highest BCUT2D eigenvalue weighted by Gasteiger charge is 2.27. The number of primary sulfonamides is 1. The molecule has 3 N–H and O–H groups in total. The minimum Gasteiger partial charge on any atom is -0.362 e. The van der Waals surface area contributed by atoms with E-state index >= 15 is 0 Å². The molecule has 0 bridgehead atoms. The Morgan fingerprint density at radius 1 is 1.32 bits per heavy atom. The van der Waals surface area contributed by atoms with Crippen molar-refractivity contribution in [2.24, 2.45) is 5.14 Å². The van der Waals surface area contributed by atoms with Crippen molar-refractivity contribution in [1.29, 1.82) is 0 Å². The Morgan fingerprint density at radius 2 is 1.86 bits per heavy atom. The fourth-order valence-electron chi connectivity index (χ4n) is 1.57. The van der Waals surface area contributed by atoms with Gasteiger partial charge in [-0.15, -0.1) is 0 Å². The van der Waals surface area contributed by atoms with E-state index in [4.69, 9.17) is 5.14 Å². The quantitative estimate of drug-likeness (QED) is 0.810. The fraction of sp³-hybridized carbons (Fsp3) is 0.417. The van der Waals surface area contributed by atoms with Gasteiger partial charge >= 0.3 is 6.18 Å². The lowest BCUT2D eigenvalue weighted by molar-refractivity contribution is -0.175. The van der Waals surface area contributed by atoms with Crippen LogP contribution in [0.15, 0.2) is 29.2 Å². The summed E-state index contributed by atoms with van der Waals surface area (Å²) in [7, 11) is -3.81. The van der Waals surface area contributed by atoms with Gasteiger partial charge in [0.1, 0.15) is 13.2 Å². The van der Waals surface area contributed by atoms with Crippen molar-refractivity contribution in [3.63, 3.8) is 0 Å². The Morgan fingerprint density at radius 3 is 2.32 bits per heavy atom. The highest BCUT2D eigenvalue weighted by atomic mass is 32.2. The Balaban J connectivity index is 2.54. The first-order valence-electron chi connectivity index (χ1n) is 6.05. The number of sulfonamides is 1. The highest BCUT2D eigenvalue weighted by molar-refractivity contribution is 7.89. The number of carbonyl (C=O) groups is 1. The number of hydrogen-bond acceptors (Lipinski definition) is 4. The number of alkyl halides is 3. The second-order valence-corrected chi connectivity index (χ2v) is 6.07. The molecular formula is C12H15F3N2O4S. The number of carbonyl (C=O) groups excluding carboxylic acids is 1. The van der Waals surface area contributed by atoms with E-state index in [1.165, 1.54) is 24.3 Å². The average molecular weight is 340 g/mol. The van der Waals surface area contributed by atoms with Gasteiger partial charge in [-0.1, -0.05) is 12.1 Å². The van der Waals surface area contributed by atoms with Gasteiger partial charge in [-0.3, -0.25) is 4.79 Å². The lowest BCUT2D eigenvalue weighted by Crippen LogP contribution is -2.31. The monoisotopic (exact) mass is 340 g/mol. The maximum atomic E-state index is 11.9. The zero-order valence-electron chi connectivity index (χ0n) is 11.6. The standard InChI is InChI=1S/C12H15F3N2O4S/c1-8(17-11(18)6-21-7-12(13,14)15)9-2-4-10(5-3-9)22(16,19)20/h2-5,8H,6-7H2,1H3,(H,17,18)(H2,16,19,20)/t8-/m0/s1. The number of halogens is 3. The third-order valence-electron chi connectivity index (χ3n) is 2.59. The molecule has 1 aromatic rings. The van der Waals surface area contributed by atoms with Gasteiger partial charge in [0.15, 0.2) is 0 Å². The van der Waals surface area contributed by atoms with E-state index in [-0.39, 0.29) is 4.90 Å². The molecule has 0 aliphatic carbocycles. The molecule has 1 amide bonds. The van der Waals surface area contributed by atoms with Crippen LogP contribution in [0.2, 0.25) is 0 Å². The molecule has 22 heavy (non-hydrogen) atoms. The summed E-state index contributed by atoms with van der Waals surface area (Å²) in [4.78, 5) is 11.3. The Bertz CT molecular complexity index is 614. The van der Waals surface area contributed by atoms with Crippen molar-refractivity contribution in [3.8, 4) is 0 Å². The zero-order valence-corrected chi connectivity index (χ0v) is 12.4. The predicted molar refractivity (Wildman–Crippen MR) is 71.2 cm³/mol. The average Bonchev–Trinajstić information content (AvgIpc) is 2.36. The molecule has 0 heterocycles. The minimum absolute atomic E-state index is 0.0803. The normalized spacial score (nSPS) is 13.7. The van der Waals surface area contributed by atoms with E-state index in [1.807, 2.05) is 0 Å². The molecule has 0 saturated heterocycles.